The first-order valence-corrected chi connectivity index (χ1v) is 8.04. The van der Waals surface area contributed by atoms with Gasteiger partial charge in [-0.1, -0.05) is 0 Å². The largest absolute Gasteiger partial charge is 0.289 e. The molecule has 2 aromatic rings. The van der Waals surface area contributed by atoms with Crippen LogP contribution in [0, 0.1) is 0 Å². The Morgan fingerprint density at radius 3 is 3.11 bits per heavy atom. The van der Waals surface area contributed by atoms with Gasteiger partial charge in [0.1, 0.15) is 0 Å². The number of hydrogen-bond acceptors (Lipinski definition) is 5. The number of thioether (sulfide) groups is 1. The summed E-state index contributed by atoms with van der Waals surface area (Å²) in [6.07, 6.45) is 6.11. The van der Waals surface area contributed by atoms with Gasteiger partial charge in [0.05, 0.1) is 11.7 Å². The molecule has 1 saturated heterocycles. The summed E-state index contributed by atoms with van der Waals surface area (Å²) >= 11 is 3.77. The Morgan fingerprint density at radius 1 is 1.44 bits per heavy atom. The molecule has 6 heteroatoms. The summed E-state index contributed by atoms with van der Waals surface area (Å²) in [5.41, 5.74) is 3.24. The van der Waals surface area contributed by atoms with Crippen LogP contribution < -0.4 is 0 Å². The first kappa shape index (κ1) is 12.2. The maximum atomic E-state index is 4.29. The molecule has 18 heavy (non-hydrogen) atoms. The summed E-state index contributed by atoms with van der Waals surface area (Å²) in [7, 11) is 1.98. The van der Waals surface area contributed by atoms with E-state index in [1.807, 2.05) is 41.4 Å². The number of thiazole rings is 1. The zero-order valence-electron chi connectivity index (χ0n) is 10.3. The third-order valence-electron chi connectivity index (χ3n) is 3.19. The fraction of sp³-hybridized carbons (Fsp3) is 0.500. The molecule has 0 radical (unpaired) electrons. The van der Waals surface area contributed by atoms with Crippen molar-refractivity contribution >= 4 is 23.1 Å². The van der Waals surface area contributed by atoms with Crippen LogP contribution in [0.5, 0.6) is 0 Å². The Kier molecular flexibility index (Phi) is 3.67. The molecule has 0 aromatic carbocycles. The van der Waals surface area contributed by atoms with Gasteiger partial charge in [-0.3, -0.25) is 14.6 Å². The molecule has 1 aliphatic heterocycles. The van der Waals surface area contributed by atoms with E-state index in [1.54, 1.807) is 11.3 Å². The Morgan fingerprint density at radius 2 is 2.39 bits per heavy atom. The van der Waals surface area contributed by atoms with Crippen LogP contribution >= 0.6 is 23.1 Å². The minimum Gasteiger partial charge on any atom is -0.289 e. The second-order valence-corrected chi connectivity index (χ2v) is 6.60. The van der Waals surface area contributed by atoms with Crippen molar-refractivity contribution in [1.29, 1.82) is 0 Å². The minimum absolute atomic E-state index is 0.486. The van der Waals surface area contributed by atoms with E-state index in [0.717, 1.165) is 18.8 Å². The van der Waals surface area contributed by atoms with Gasteiger partial charge in [0.2, 0.25) is 0 Å². The third-order valence-corrected chi connectivity index (χ3v) is 4.98. The Hall–Kier alpha value is -0.850. The van der Waals surface area contributed by atoms with E-state index in [4.69, 9.17) is 0 Å². The van der Waals surface area contributed by atoms with Crippen molar-refractivity contribution in [3.05, 3.63) is 34.5 Å². The molecule has 4 nitrogen and oxygen atoms in total. The van der Waals surface area contributed by atoms with Crippen molar-refractivity contribution in [2.75, 3.05) is 18.1 Å². The lowest BCUT2D eigenvalue weighted by molar-refractivity contribution is 0.214. The lowest BCUT2D eigenvalue weighted by Gasteiger charge is -2.34. The summed E-state index contributed by atoms with van der Waals surface area (Å²) in [5.74, 6) is 2.38. The van der Waals surface area contributed by atoms with Gasteiger partial charge in [0.25, 0.3) is 0 Å². The van der Waals surface area contributed by atoms with E-state index in [0.29, 0.717) is 6.04 Å². The number of hydrogen-bond donors (Lipinski definition) is 0. The van der Waals surface area contributed by atoms with Crippen LogP contribution in [0.2, 0.25) is 0 Å². The van der Waals surface area contributed by atoms with Gasteiger partial charge in [-0.2, -0.15) is 16.9 Å². The molecule has 0 amide bonds. The van der Waals surface area contributed by atoms with Gasteiger partial charge in [-0.15, -0.1) is 11.3 Å². The highest BCUT2D eigenvalue weighted by atomic mass is 32.2. The normalized spacial score (nSPS) is 21.3. The summed E-state index contributed by atoms with van der Waals surface area (Å²) in [6, 6.07) is 0.486. The van der Waals surface area contributed by atoms with Gasteiger partial charge in [-0.25, -0.2) is 0 Å². The first-order chi connectivity index (χ1) is 8.83. The first-order valence-electron chi connectivity index (χ1n) is 6.00. The van der Waals surface area contributed by atoms with Crippen LogP contribution in [0.15, 0.2) is 24.1 Å². The maximum Gasteiger partial charge on any atom is 0.0794 e. The molecule has 3 rings (SSSR count). The van der Waals surface area contributed by atoms with Crippen molar-refractivity contribution in [1.82, 2.24) is 19.7 Å². The molecule has 1 unspecified atom stereocenters. The second-order valence-electron chi connectivity index (χ2n) is 4.48. The zero-order valence-corrected chi connectivity index (χ0v) is 12.0. The Labute approximate surface area is 115 Å². The predicted octanol–water partition coefficient (Wildman–Crippen LogP) is 2.17. The molecule has 1 fully saturated rings. The lowest BCUT2D eigenvalue weighted by atomic mass is 10.1. The standard InChI is InChI=1S/C12H16N4S2/c1-15-6-10(4-14-15)12-8-17-3-2-16(12)7-11-5-13-9-18-11/h4-6,9,12H,2-3,7-8H2,1H3. The summed E-state index contributed by atoms with van der Waals surface area (Å²) in [4.78, 5) is 8.05. The lowest BCUT2D eigenvalue weighted by Crippen LogP contribution is -2.35. The van der Waals surface area contributed by atoms with Gasteiger partial charge >= 0.3 is 0 Å². The van der Waals surface area contributed by atoms with Crippen molar-refractivity contribution in [2.45, 2.75) is 12.6 Å². The van der Waals surface area contributed by atoms with Crippen LogP contribution in [0.3, 0.4) is 0 Å². The summed E-state index contributed by atoms with van der Waals surface area (Å²) < 4.78 is 1.89. The monoisotopic (exact) mass is 280 g/mol. The molecule has 0 spiro atoms. The Balaban J connectivity index is 1.77. The van der Waals surface area contributed by atoms with Crippen LogP contribution in [0.25, 0.3) is 0 Å². The van der Waals surface area contributed by atoms with E-state index < -0.39 is 0 Å². The molecule has 96 valence electrons. The van der Waals surface area contributed by atoms with E-state index in [2.05, 4.69) is 21.2 Å². The SMILES string of the molecule is Cn1cc(C2CSCCN2Cc2cncs2)cn1. The quantitative estimate of drug-likeness (QED) is 0.863. The average molecular weight is 280 g/mol. The fourth-order valence-corrected chi connectivity index (χ4v) is 4.04. The third kappa shape index (κ3) is 2.60. The van der Waals surface area contributed by atoms with Crippen LogP contribution in [0.1, 0.15) is 16.5 Å². The molecule has 0 N–H and O–H groups in total. The van der Waals surface area contributed by atoms with Crippen molar-refractivity contribution in [3.63, 3.8) is 0 Å². The van der Waals surface area contributed by atoms with Gasteiger partial charge in [0.15, 0.2) is 0 Å². The molecule has 1 atom stereocenters. The number of aryl methyl sites for hydroxylation is 1. The maximum absolute atomic E-state index is 4.29. The fourth-order valence-electron chi connectivity index (χ4n) is 2.27. The van der Waals surface area contributed by atoms with Crippen LogP contribution in [-0.4, -0.2) is 37.7 Å². The molecule has 0 aliphatic carbocycles. The predicted molar refractivity (Wildman–Crippen MR) is 75.8 cm³/mol. The highest BCUT2D eigenvalue weighted by Gasteiger charge is 2.25. The molecule has 0 bridgehead atoms. The number of aromatic nitrogens is 3. The van der Waals surface area contributed by atoms with E-state index in [-0.39, 0.29) is 0 Å². The minimum atomic E-state index is 0.486. The van der Waals surface area contributed by atoms with Crippen LogP contribution in [0.4, 0.5) is 0 Å². The molecular weight excluding hydrogens is 264 g/mol. The molecule has 3 heterocycles. The summed E-state index contributed by atoms with van der Waals surface area (Å²) in [6.45, 7) is 2.15. The average Bonchev–Trinajstić information content (AvgIpc) is 3.02. The van der Waals surface area contributed by atoms with E-state index in [9.17, 15) is 0 Å². The number of nitrogens with zero attached hydrogens (tertiary/aromatic N) is 4. The van der Waals surface area contributed by atoms with Gasteiger partial charge in [-0.05, 0) is 0 Å². The van der Waals surface area contributed by atoms with Crippen molar-refractivity contribution in [3.8, 4) is 0 Å². The highest BCUT2D eigenvalue weighted by Crippen LogP contribution is 2.30. The smallest absolute Gasteiger partial charge is 0.0794 e. The van der Waals surface area contributed by atoms with E-state index in [1.165, 1.54) is 16.2 Å². The van der Waals surface area contributed by atoms with Crippen molar-refractivity contribution < 1.29 is 0 Å². The summed E-state index contributed by atoms with van der Waals surface area (Å²) in [5, 5.41) is 4.29. The van der Waals surface area contributed by atoms with Gasteiger partial charge < -0.3 is 0 Å². The molecule has 0 saturated carbocycles. The zero-order chi connectivity index (χ0) is 12.4. The van der Waals surface area contributed by atoms with E-state index >= 15 is 0 Å². The second kappa shape index (κ2) is 5.42. The van der Waals surface area contributed by atoms with Crippen molar-refractivity contribution in [2.24, 2.45) is 7.05 Å². The van der Waals surface area contributed by atoms with Gasteiger partial charge in [0, 0.05) is 60.5 Å². The highest BCUT2D eigenvalue weighted by molar-refractivity contribution is 7.99. The Bertz CT molecular complexity index is 494. The molecule has 1 aliphatic rings. The molecular formula is C12H16N4S2. The molecule has 2 aromatic heterocycles. The topological polar surface area (TPSA) is 34.0 Å². The van der Waals surface area contributed by atoms with Crippen LogP contribution in [-0.2, 0) is 13.6 Å². The number of rotatable bonds is 3.